The van der Waals surface area contributed by atoms with Crippen LogP contribution >= 0.6 is 0 Å². The highest BCUT2D eigenvalue weighted by Gasteiger charge is 2.17. The van der Waals surface area contributed by atoms with Crippen molar-refractivity contribution in [2.24, 2.45) is 0 Å². The van der Waals surface area contributed by atoms with Crippen LogP contribution in [0.2, 0.25) is 0 Å². The molecule has 0 saturated carbocycles. The summed E-state index contributed by atoms with van der Waals surface area (Å²) >= 11 is 0. The quantitative estimate of drug-likeness (QED) is 0.623. The Kier molecular flexibility index (Phi) is 4.06. The SMILES string of the molecule is CN(CCCC#N)C1CCNC1. The second-order valence-electron chi connectivity index (χ2n) is 3.39. The molecular weight excluding hydrogens is 150 g/mol. The molecule has 1 N–H and O–H groups in total. The molecule has 12 heavy (non-hydrogen) atoms. The Morgan fingerprint density at radius 3 is 3.08 bits per heavy atom. The third-order valence-electron chi connectivity index (χ3n) is 2.46. The average molecular weight is 167 g/mol. The van der Waals surface area contributed by atoms with Crippen LogP contribution in [0.25, 0.3) is 0 Å². The number of rotatable bonds is 4. The summed E-state index contributed by atoms with van der Waals surface area (Å²) in [5, 5.41) is 11.7. The van der Waals surface area contributed by atoms with Gasteiger partial charge in [0, 0.05) is 19.0 Å². The third kappa shape index (κ3) is 2.80. The highest BCUT2D eigenvalue weighted by atomic mass is 15.2. The smallest absolute Gasteiger partial charge is 0.0622 e. The molecule has 1 atom stereocenters. The van der Waals surface area contributed by atoms with Crippen molar-refractivity contribution in [3.05, 3.63) is 0 Å². The monoisotopic (exact) mass is 167 g/mol. The van der Waals surface area contributed by atoms with Crippen molar-refractivity contribution < 1.29 is 0 Å². The molecule has 0 aromatic rings. The van der Waals surface area contributed by atoms with E-state index >= 15 is 0 Å². The molecule has 0 spiro atoms. The molecule has 0 bridgehead atoms. The minimum Gasteiger partial charge on any atom is -0.315 e. The number of nitrogens with one attached hydrogen (secondary N) is 1. The van der Waals surface area contributed by atoms with Gasteiger partial charge < -0.3 is 10.2 Å². The minimum absolute atomic E-state index is 0.685. The lowest BCUT2D eigenvalue weighted by Crippen LogP contribution is -2.34. The van der Waals surface area contributed by atoms with E-state index in [1.807, 2.05) is 0 Å². The van der Waals surface area contributed by atoms with Crippen LogP contribution in [0, 0.1) is 11.3 Å². The maximum absolute atomic E-state index is 8.36. The van der Waals surface area contributed by atoms with Crippen LogP contribution in [-0.4, -0.2) is 37.6 Å². The predicted octanol–water partition coefficient (Wildman–Crippen LogP) is 0.584. The molecule has 68 valence electrons. The van der Waals surface area contributed by atoms with E-state index in [0.717, 1.165) is 26.1 Å². The number of nitriles is 1. The minimum atomic E-state index is 0.685. The van der Waals surface area contributed by atoms with Gasteiger partial charge >= 0.3 is 0 Å². The molecule has 3 nitrogen and oxygen atoms in total. The van der Waals surface area contributed by atoms with Gasteiger partial charge in [-0.3, -0.25) is 0 Å². The van der Waals surface area contributed by atoms with Crippen LogP contribution in [0.5, 0.6) is 0 Å². The number of unbranched alkanes of at least 4 members (excludes halogenated alkanes) is 1. The molecule has 0 amide bonds. The second-order valence-corrected chi connectivity index (χ2v) is 3.39. The van der Waals surface area contributed by atoms with Gasteiger partial charge in [0.05, 0.1) is 6.07 Å². The Balaban J connectivity index is 2.10. The summed E-state index contributed by atoms with van der Waals surface area (Å²) in [5.74, 6) is 0. The Labute approximate surface area is 74.4 Å². The molecule has 1 fully saturated rings. The third-order valence-corrected chi connectivity index (χ3v) is 2.46. The molecule has 0 radical (unpaired) electrons. The fourth-order valence-electron chi connectivity index (χ4n) is 1.61. The standard InChI is InChI=1S/C9H17N3/c1-12(7-3-2-5-10)9-4-6-11-8-9/h9,11H,2-4,6-8H2,1H3. The van der Waals surface area contributed by atoms with Crippen LogP contribution in [0.3, 0.4) is 0 Å². The molecule has 1 aliphatic rings. The highest BCUT2D eigenvalue weighted by molar-refractivity contribution is 4.79. The molecule has 0 aromatic heterocycles. The van der Waals surface area contributed by atoms with E-state index in [1.54, 1.807) is 0 Å². The lowest BCUT2D eigenvalue weighted by Gasteiger charge is -2.22. The van der Waals surface area contributed by atoms with Gasteiger partial charge in [-0.25, -0.2) is 0 Å². The van der Waals surface area contributed by atoms with Crippen molar-refractivity contribution in [1.29, 1.82) is 5.26 Å². The van der Waals surface area contributed by atoms with Gasteiger partial charge in [-0.2, -0.15) is 5.26 Å². The molecule has 1 unspecified atom stereocenters. The van der Waals surface area contributed by atoms with E-state index in [-0.39, 0.29) is 0 Å². The van der Waals surface area contributed by atoms with E-state index in [9.17, 15) is 0 Å². The van der Waals surface area contributed by atoms with E-state index in [4.69, 9.17) is 5.26 Å². The summed E-state index contributed by atoms with van der Waals surface area (Å²) in [6.45, 7) is 3.32. The van der Waals surface area contributed by atoms with Gasteiger partial charge in [0.25, 0.3) is 0 Å². The summed E-state index contributed by atoms with van der Waals surface area (Å²) in [4.78, 5) is 2.36. The topological polar surface area (TPSA) is 39.1 Å². The second kappa shape index (κ2) is 5.13. The summed E-state index contributed by atoms with van der Waals surface area (Å²) in [7, 11) is 2.15. The zero-order chi connectivity index (χ0) is 8.81. The van der Waals surface area contributed by atoms with Crippen LogP contribution in [0.4, 0.5) is 0 Å². The van der Waals surface area contributed by atoms with Gasteiger partial charge in [0.2, 0.25) is 0 Å². The van der Waals surface area contributed by atoms with E-state index < -0.39 is 0 Å². The van der Waals surface area contributed by atoms with Gasteiger partial charge in [-0.15, -0.1) is 0 Å². The lowest BCUT2D eigenvalue weighted by molar-refractivity contribution is 0.255. The fraction of sp³-hybridized carbons (Fsp3) is 0.889. The van der Waals surface area contributed by atoms with Crippen LogP contribution < -0.4 is 5.32 Å². The summed E-state index contributed by atoms with van der Waals surface area (Å²) in [5.41, 5.74) is 0. The molecule has 1 rings (SSSR count). The molecule has 1 heterocycles. The van der Waals surface area contributed by atoms with Crippen molar-refractivity contribution >= 4 is 0 Å². The molecule has 0 aromatic carbocycles. The molecule has 0 aliphatic carbocycles. The number of likely N-dealkylation sites (N-methyl/N-ethyl adjacent to an activating group) is 1. The largest absolute Gasteiger partial charge is 0.315 e. The van der Waals surface area contributed by atoms with Crippen molar-refractivity contribution in [2.75, 3.05) is 26.7 Å². The average Bonchev–Trinajstić information content (AvgIpc) is 2.56. The number of hydrogen-bond acceptors (Lipinski definition) is 3. The Bertz CT molecular complexity index is 156. The first-order chi connectivity index (χ1) is 5.84. The zero-order valence-corrected chi connectivity index (χ0v) is 7.71. The van der Waals surface area contributed by atoms with Gasteiger partial charge in [-0.1, -0.05) is 0 Å². The Morgan fingerprint density at radius 1 is 1.67 bits per heavy atom. The van der Waals surface area contributed by atoms with E-state index in [2.05, 4.69) is 23.3 Å². The van der Waals surface area contributed by atoms with Gasteiger partial charge in [0.15, 0.2) is 0 Å². The van der Waals surface area contributed by atoms with Crippen molar-refractivity contribution in [3.8, 4) is 6.07 Å². The molecule has 3 heteroatoms. The molecule has 1 saturated heterocycles. The maximum atomic E-state index is 8.36. The van der Waals surface area contributed by atoms with Crippen molar-refractivity contribution in [1.82, 2.24) is 10.2 Å². The van der Waals surface area contributed by atoms with Crippen LogP contribution in [-0.2, 0) is 0 Å². The number of nitrogens with zero attached hydrogens (tertiary/aromatic N) is 2. The van der Waals surface area contributed by atoms with E-state index in [0.29, 0.717) is 12.5 Å². The van der Waals surface area contributed by atoms with Crippen LogP contribution in [0.15, 0.2) is 0 Å². The first-order valence-electron chi connectivity index (χ1n) is 4.62. The van der Waals surface area contributed by atoms with Gasteiger partial charge in [-0.05, 0) is 33.0 Å². The molecule has 1 aliphatic heterocycles. The summed E-state index contributed by atoms with van der Waals surface area (Å²) in [6, 6.07) is 2.87. The maximum Gasteiger partial charge on any atom is 0.0622 e. The first-order valence-corrected chi connectivity index (χ1v) is 4.62. The first kappa shape index (κ1) is 9.50. The van der Waals surface area contributed by atoms with Crippen molar-refractivity contribution in [2.45, 2.75) is 25.3 Å². The highest BCUT2D eigenvalue weighted by Crippen LogP contribution is 2.06. The van der Waals surface area contributed by atoms with Crippen LogP contribution in [0.1, 0.15) is 19.3 Å². The number of hydrogen-bond donors (Lipinski definition) is 1. The Hall–Kier alpha value is -0.590. The fourth-order valence-corrected chi connectivity index (χ4v) is 1.61. The normalized spacial score (nSPS) is 22.9. The lowest BCUT2D eigenvalue weighted by atomic mass is 10.2. The van der Waals surface area contributed by atoms with Gasteiger partial charge in [0.1, 0.15) is 0 Å². The van der Waals surface area contributed by atoms with E-state index in [1.165, 1.54) is 6.42 Å². The summed E-state index contributed by atoms with van der Waals surface area (Å²) in [6.07, 6.45) is 2.94. The van der Waals surface area contributed by atoms with Crippen molar-refractivity contribution in [3.63, 3.8) is 0 Å². The molecular formula is C9H17N3. The Morgan fingerprint density at radius 2 is 2.50 bits per heavy atom. The summed E-state index contributed by atoms with van der Waals surface area (Å²) < 4.78 is 0. The predicted molar refractivity (Wildman–Crippen MR) is 48.8 cm³/mol. The zero-order valence-electron chi connectivity index (χ0n) is 7.71.